The van der Waals surface area contributed by atoms with Crippen LogP contribution in [0.15, 0.2) is 24.3 Å². The lowest BCUT2D eigenvalue weighted by Gasteiger charge is -2.30. The second-order valence-electron chi connectivity index (χ2n) is 4.76. The summed E-state index contributed by atoms with van der Waals surface area (Å²) in [5.74, 6) is 0.935. The van der Waals surface area contributed by atoms with Crippen molar-refractivity contribution in [3.05, 3.63) is 35.6 Å². The van der Waals surface area contributed by atoms with E-state index in [9.17, 15) is 14.3 Å². The lowest BCUT2D eigenvalue weighted by molar-refractivity contribution is -0.131. The van der Waals surface area contributed by atoms with E-state index in [0.29, 0.717) is 18.1 Å². The highest BCUT2D eigenvalue weighted by Gasteiger charge is 2.21. The summed E-state index contributed by atoms with van der Waals surface area (Å²) in [6, 6.07) is 6.33. The number of likely N-dealkylation sites (tertiary alicyclic amines) is 1. The molecule has 19 heavy (non-hydrogen) atoms. The monoisotopic (exact) mass is 283 g/mol. The van der Waals surface area contributed by atoms with E-state index in [4.69, 9.17) is 0 Å². The van der Waals surface area contributed by atoms with Gasteiger partial charge in [0.15, 0.2) is 0 Å². The molecule has 1 N–H and O–H groups in total. The SMILES string of the molecule is O=C(CSCc1ccc(F)cc1)N1CCC[C@H](O)C1. The molecule has 1 amide bonds. The molecule has 3 nitrogen and oxygen atoms in total. The molecule has 1 aromatic rings. The Morgan fingerprint density at radius 1 is 1.42 bits per heavy atom. The Morgan fingerprint density at radius 3 is 2.84 bits per heavy atom. The van der Waals surface area contributed by atoms with Crippen LogP contribution in [0.25, 0.3) is 0 Å². The van der Waals surface area contributed by atoms with Crippen molar-refractivity contribution in [1.82, 2.24) is 4.90 Å². The first-order valence-corrected chi connectivity index (χ1v) is 7.58. The zero-order valence-electron chi connectivity index (χ0n) is 10.7. The van der Waals surface area contributed by atoms with Gasteiger partial charge < -0.3 is 10.0 Å². The quantitative estimate of drug-likeness (QED) is 0.919. The van der Waals surface area contributed by atoms with Crippen LogP contribution in [-0.2, 0) is 10.5 Å². The number of thioether (sulfide) groups is 1. The zero-order valence-corrected chi connectivity index (χ0v) is 11.5. The van der Waals surface area contributed by atoms with E-state index in [1.165, 1.54) is 23.9 Å². The number of hydrogen-bond donors (Lipinski definition) is 1. The van der Waals surface area contributed by atoms with Crippen molar-refractivity contribution in [1.29, 1.82) is 0 Å². The zero-order chi connectivity index (χ0) is 13.7. The number of aliphatic hydroxyl groups excluding tert-OH is 1. The van der Waals surface area contributed by atoms with Gasteiger partial charge in [0.2, 0.25) is 5.91 Å². The molecule has 0 radical (unpaired) electrons. The number of halogens is 1. The molecule has 1 aliphatic rings. The highest BCUT2D eigenvalue weighted by molar-refractivity contribution is 7.99. The molecule has 1 heterocycles. The first-order chi connectivity index (χ1) is 9.15. The number of carbonyl (C=O) groups excluding carboxylic acids is 1. The highest BCUT2D eigenvalue weighted by Crippen LogP contribution is 2.15. The van der Waals surface area contributed by atoms with Crippen molar-refractivity contribution in [2.75, 3.05) is 18.8 Å². The van der Waals surface area contributed by atoms with Gasteiger partial charge in [0, 0.05) is 18.8 Å². The van der Waals surface area contributed by atoms with Crippen molar-refractivity contribution in [2.45, 2.75) is 24.7 Å². The van der Waals surface area contributed by atoms with Gasteiger partial charge in [0.05, 0.1) is 11.9 Å². The van der Waals surface area contributed by atoms with Crippen LogP contribution in [0, 0.1) is 5.82 Å². The molecule has 0 spiro atoms. The summed E-state index contributed by atoms with van der Waals surface area (Å²) in [5, 5.41) is 9.52. The fourth-order valence-electron chi connectivity index (χ4n) is 2.11. The summed E-state index contributed by atoms with van der Waals surface area (Å²) in [6.07, 6.45) is 1.28. The first-order valence-electron chi connectivity index (χ1n) is 6.43. The topological polar surface area (TPSA) is 40.5 Å². The maximum absolute atomic E-state index is 12.7. The van der Waals surface area contributed by atoms with Crippen LogP contribution in [0.4, 0.5) is 4.39 Å². The van der Waals surface area contributed by atoms with Gasteiger partial charge in [-0.15, -0.1) is 11.8 Å². The molecule has 5 heteroatoms. The van der Waals surface area contributed by atoms with Crippen LogP contribution in [0.3, 0.4) is 0 Å². The molecule has 0 aliphatic carbocycles. The average Bonchev–Trinajstić information content (AvgIpc) is 2.41. The molecule has 0 bridgehead atoms. The van der Waals surface area contributed by atoms with Crippen LogP contribution >= 0.6 is 11.8 Å². The Labute approximate surface area is 116 Å². The van der Waals surface area contributed by atoms with Crippen molar-refractivity contribution in [2.24, 2.45) is 0 Å². The molecule has 1 aromatic carbocycles. The molecule has 0 aromatic heterocycles. The maximum Gasteiger partial charge on any atom is 0.232 e. The largest absolute Gasteiger partial charge is 0.391 e. The lowest BCUT2D eigenvalue weighted by atomic mass is 10.1. The van der Waals surface area contributed by atoms with Crippen molar-refractivity contribution in [3.8, 4) is 0 Å². The number of rotatable bonds is 4. The number of β-amino-alcohol motifs (C(OH)–C–C–N with tert-alkyl or cyclic N) is 1. The Bertz CT molecular complexity index is 424. The smallest absolute Gasteiger partial charge is 0.232 e. The second kappa shape index (κ2) is 6.91. The highest BCUT2D eigenvalue weighted by atomic mass is 32.2. The van der Waals surface area contributed by atoms with Crippen LogP contribution in [-0.4, -0.2) is 40.9 Å². The number of hydrogen-bond acceptors (Lipinski definition) is 3. The summed E-state index contributed by atoms with van der Waals surface area (Å²) >= 11 is 1.52. The fourth-order valence-corrected chi connectivity index (χ4v) is 3.00. The Hall–Kier alpha value is -1.07. The minimum absolute atomic E-state index is 0.0749. The number of nitrogens with zero attached hydrogens (tertiary/aromatic N) is 1. The Kier molecular flexibility index (Phi) is 5.22. The second-order valence-corrected chi connectivity index (χ2v) is 5.74. The van der Waals surface area contributed by atoms with Crippen LogP contribution < -0.4 is 0 Å². The van der Waals surface area contributed by atoms with E-state index in [1.54, 1.807) is 17.0 Å². The molecular formula is C14H18FNO2S. The number of benzene rings is 1. The van der Waals surface area contributed by atoms with E-state index < -0.39 is 0 Å². The summed E-state index contributed by atoms with van der Waals surface area (Å²) in [4.78, 5) is 13.6. The van der Waals surface area contributed by atoms with Crippen molar-refractivity contribution < 1.29 is 14.3 Å². The van der Waals surface area contributed by atoms with Crippen molar-refractivity contribution >= 4 is 17.7 Å². The third kappa shape index (κ3) is 4.51. The summed E-state index contributed by atoms with van der Waals surface area (Å²) in [6.45, 7) is 1.20. The first kappa shape index (κ1) is 14.3. The Balaban J connectivity index is 1.73. The molecule has 1 aliphatic heterocycles. The number of carbonyl (C=O) groups is 1. The van der Waals surface area contributed by atoms with E-state index in [2.05, 4.69) is 0 Å². The predicted molar refractivity (Wildman–Crippen MR) is 74.4 cm³/mol. The normalized spacial score (nSPS) is 19.5. The third-order valence-electron chi connectivity index (χ3n) is 3.16. The average molecular weight is 283 g/mol. The molecular weight excluding hydrogens is 265 g/mol. The maximum atomic E-state index is 12.7. The summed E-state index contributed by atoms with van der Waals surface area (Å²) < 4.78 is 12.7. The number of aliphatic hydroxyl groups is 1. The standard InChI is InChI=1S/C14H18FNO2S/c15-12-5-3-11(4-6-12)9-19-10-14(18)16-7-1-2-13(17)8-16/h3-6,13,17H,1-2,7-10H2/t13-/m0/s1. The van der Waals surface area contributed by atoms with E-state index in [0.717, 1.165) is 24.9 Å². The lowest BCUT2D eigenvalue weighted by Crippen LogP contribution is -2.43. The number of piperidine rings is 1. The van der Waals surface area contributed by atoms with Gasteiger partial charge in [0.25, 0.3) is 0 Å². The number of amides is 1. The molecule has 2 rings (SSSR count). The van der Waals surface area contributed by atoms with Crippen LogP contribution in [0.2, 0.25) is 0 Å². The van der Waals surface area contributed by atoms with E-state index in [-0.39, 0.29) is 17.8 Å². The van der Waals surface area contributed by atoms with Crippen LogP contribution in [0.1, 0.15) is 18.4 Å². The van der Waals surface area contributed by atoms with Gasteiger partial charge in [-0.3, -0.25) is 4.79 Å². The third-order valence-corrected chi connectivity index (χ3v) is 4.15. The molecule has 1 fully saturated rings. The Morgan fingerprint density at radius 2 is 2.16 bits per heavy atom. The fraction of sp³-hybridized carbons (Fsp3) is 0.500. The summed E-state index contributed by atoms with van der Waals surface area (Å²) in [5.41, 5.74) is 1.01. The van der Waals surface area contributed by atoms with Gasteiger partial charge in [-0.25, -0.2) is 4.39 Å². The predicted octanol–water partition coefficient (Wildman–Crippen LogP) is 2.04. The van der Waals surface area contributed by atoms with Gasteiger partial charge in [-0.1, -0.05) is 12.1 Å². The van der Waals surface area contributed by atoms with Crippen molar-refractivity contribution in [3.63, 3.8) is 0 Å². The minimum atomic E-state index is -0.375. The molecule has 1 saturated heterocycles. The van der Waals surface area contributed by atoms with Gasteiger partial charge in [0.1, 0.15) is 5.82 Å². The summed E-state index contributed by atoms with van der Waals surface area (Å²) in [7, 11) is 0. The van der Waals surface area contributed by atoms with Crippen LogP contribution in [0.5, 0.6) is 0 Å². The van der Waals surface area contributed by atoms with E-state index in [1.807, 2.05) is 0 Å². The molecule has 0 saturated carbocycles. The van der Waals surface area contributed by atoms with Gasteiger partial charge in [-0.2, -0.15) is 0 Å². The molecule has 1 atom stereocenters. The van der Waals surface area contributed by atoms with Gasteiger partial charge >= 0.3 is 0 Å². The van der Waals surface area contributed by atoms with Gasteiger partial charge in [-0.05, 0) is 30.5 Å². The molecule has 104 valence electrons. The molecule has 0 unspecified atom stereocenters. The van der Waals surface area contributed by atoms with E-state index >= 15 is 0 Å². The minimum Gasteiger partial charge on any atom is -0.391 e.